The van der Waals surface area contributed by atoms with Gasteiger partial charge in [-0.1, -0.05) is 19.9 Å². The molecule has 0 fully saturated rings. The predicted molar refractivity (Wildman–Crippen MR) is 86.9 cm³/mol. The van der Waals surface area contributed by atoms with Crippen molar-refractivity contribution in [2.24, 2.45) is 0 Å². The molecule has 1 N–H and O–H groups in total. The van der Waals surface area contributed by atoms with E-state index < -0.39 is 0 Å². The third-order valence-electron chi connectivity index (χ3n) is 3.11. The molecule has 0 saturated heterocycles. The molecule has 0 radical (unpaired) electrons. The van der Waals surface area contributed by atoms with E-state index in [1.54, 1.807) is 6.26 Å². The zero-order valence-corrected chi connectivity index (χ0v) is 13.8. The van der Waals surface area contributed by atoms with Crippen LogP contribution >= 0.6 is 15.9 Å². The lowest BCUT2D eigenvalue weighted by Crippen LogP contribution is -2.22. The van der Waals surface area contributed by atoms with Gasteiger partial charge in [0.25, 0.3) is 0 Å². The molecular formula is C16H21BrN2O. The minimum absolute atomic E-state index is 0.495. The van der Waals surface area contributed by atoms with Crippen molar-refractivity contribution >= 4 is 21.6 Å². The minimum atomic E-state index is 0.495. The lowest BCUT2D eigenvalue weighted by molar-refractivity contribution is 0.507. The van der Waals surface area contributed by atoms with Gasteiger partial charge in [0.15, 0.2) is 0 Å². The first-order chi connectivity index (χ1) is 9.56. The van der Waals surface area contributed by atoms with E-state index in [1.807, 2.05) is 12.1 Å². The lowest BCUT2D eigenvalue weighted by Gasteiger charge is -2.20. The van der Waals surface area contributed by atoms with Crippen molar-refractivity contribution in [2.45, 2.75) is 33.0 Å². The average Bonchev–Trinajstić information content (AvgIpc) is 2.89. The van der Waals surface area contributed by atoms with Gasteiger partial charge in [0.2, 0.25) is 0 Å². The lowest BCUT2D eigenvalue weighted by atomic mass is 10.2. The zero-order chi connectivity index (χ0) is 14.5. The number of halogens is 1. The van der Waals surface area contributed by atoms with Crippen LogP contribution in [0, 0.1) is 0 Å². The Kier molecular flexibility index (Phi) is 5.26. The van der Waals surface area contributed by atoms with Crippen molar-refractivity contribution in [3.05, 3.63) is 52.4 Å². The van der Waals surface area contributed by atoms with Crippen LogP contribution in [0.4, 0.5) is 5.69 Å². The molecule has 1 aromatic heterocycles. The van der Waals surface area contributed by atoms with Crippen LogP contribution in [-0.2, 0) is 13.1 Å². The quantitative estimate of drug-likeness (QED) is 0.857. The molecule has 20 heavy (non-hydrogen) atoms. The van der Waals surface area contributed by atoms with Crippen LogP contribution in [0.5, 0.6) is 0 Å². The molecule has 3 nitrogen and oxygen atoms in total. The fourth-order valence-corrected chi connectivity index (χ4v) is 2.74. The molecule has 0 unspecified atom stereocenters. The van der Waals surface area contributed by atoms with E-state index in [2.05, 4.69) is 65.2 Å². The fraction of sp³-hybridized carbons (Fsp3) is 0.375. The Hall–Kier alpha value is -1.26. The molecule has 0 aliphatic carbocycles. The summed E-state index contributed by atoms with van der Waals surface area (Å²) in [5.41, 5.74) is 2.44. The fourth-order valence-electron chi connectivity index (χ4n) is 2.01. The van der Waals surface area contributed by atoms with Gasteiger partial charge in [-0.3, -0.25) is 0 Å². The topological polar surface area (TPSA) is 28.4 Å². The highest BCUT2D eigenvalue weighted by atomic mass is 79.9. The highest BCUT2D eigenvalue weighted by Crippen LogP contribution is 2.27. The van der Waals surface area contributed by atoms with Crippen LogP contribution < -0.4 is 10.2 Å². The van der Waals surface area contributed by atoms with Gasteiger partial charge in [-0.2, -0.15) is 0 Å². The Labute approximate surface area is 129 Å². The molecule has 0 aliphatic heterocycles. The number of nitrogens with zero attached hydrogens (tertiary/aromatic N) is 1. The largest absolute Gasteiger partial charge is 0.467 e. The van der Waals surface area contributed by atoms with Crippen LogP contribution in [0.15, 0.2) is 45.5 Å². The van der Waals surface area contributed by atoms with E-state index in [-0.39, 0.29) is 0 Å². The van der Waals surface area contributed by atoms with Gasteiger partial charge < -0.3 is 14.6 Å². The molecule has 0 bridgehead atoms. The second-order valence-electron chi connectivity index (χ2n) is 5.26. The SMILES string of the molecule is CC(C)NCc1ccc(N(C)Cc2ccco2)c(Br)c1. The Morgan fingerprint density at radius 1 is 1.30 bits per heavy atom. The van der Waals surface area contributed by atoms with Crippen molar-refractivity contribution in [3.8, 4) is 0 Å². The third-order valence-corrected chi connectivity index (χ3v) is 3.75. The van der Waals surface area contributed by atoms with Gasteiger partial charge in [0, 0.05) is 24.1 Å². The molecule has 4 heteroatoms. The summed E-state index contributed by atoms with van der Waals surface area (Å²) < 4.78 is 6.49. The first-order valence-electron chi connectivity index (χ1n) is 6.81. The Bertz CT molecular complexity index is 537. The van der Waals surface area contributed by atoms with E-state index in [1.165, 1.54) is 5.56 Å². The summed E-state index contributed by atoms with van der Waals surface area (Å²) in [5.74, 6) is 0.963. The summed E-state index contributed by atoms with van der Waals surface area (Å²) in [6.07, 6.45) is 1.71. The van der Waals surface area contributed by atoms with Gasteiger partial charge in [-0.05, 0) is 45.8 Å². The summed E-state index contributed by atoms with van der Waals surface area (Å²) in [7, 11) is 2.06. The monoisotopic (exact) mass is 336 g/mol. The number of nitrogens with one attached hydrogen (secondary N) is 1. The van der Waals surface area contributed by atoms with Crippen molar-refractivity contribution in [3.63, 3.8) is 0 Å². The van der Waals surface area contributed by atoms with Gasteiger partial charge >= 0.3 is 0 Å². The second-order valence-corrected chi connectivity index (χ2v) is 6.11. The molecular weight excluding hydrogens is 316 g/mol. The van der Waals surface area contributed by atoms with Crippen LogP contribution in [0.2, 0.25) is 0 Å². The maximum Gasteiger partial charge on any atom is 0.123 e. The van der Waals surface area contributed by atoms with Gasteiger partial charge in [-0.25, -0.2) is 0 Å². The van der Waals surface area contributed by atoms with Gasteiger partial charge in [0.05, 0.1) is 18.5 Å². The maximum atomic E-state index is 5.39. The van der Waals surface area contributed by atoms with Crippen LogP contribution in [-0.4, -0.2) is 13.1 Å². The Morgan fingerprint density at radius 2 is 2.10 bits per heavy atom. The molecule has 2 aromatic rings. The summed E-state index contributed by atoms with van der Waals surface area (Å²) >= 11 is 3.66. The molecule has 0 spiro atoms. The van der Waals surface area contributed by atoms with Crippen molar-refractivity contribution in [2.75, 3.05) is 11.9 Å². The minimum Gasteiger partial charge on any atom is -0.467 e. The first-order valence-corrected chi connectivity index (χ1v) is 7.61. The van der Waals surface area contributed by atoms with Crippen molar-refractivity contribution < 1.29 is 4.42 Å². The maximum absolute atomic E-state index is 5.39. The normalized spacial score (nSPS) is 11.1. The summed E-state index contributed by atoms with van der Waals surface area (Å²) in [4.78, 5) is 2.17. The van der Waals surface area contributed by atoms with Gasteiger partial charge in [0.1, 0.15) is 5.76 Å². The predicted octanol–water partition coefficient (Wildman–Crippen LogP) is 4.18. The molecule has 0 saturated carbocycles. The summed E-state index contributed by atoms with van der Waals surface area (Å²) in [6.45, 7) is 5.95. The second kappa shape index (κ2) is 6.95. The molecule has 1 aromatic carbocycles. The summed E-state index contributed by atoms with van der Waals surface area (Å²) in [6, 6.07) is 10.9. The first kappa shape index (κ1) is 15.1. The van der Waals surface area contributed by atoms with E-state index in [9.17, 15) is 0 Å². The third kappa shape index (κ3) is 4.12. The average molecular weight is 337 g/mol. The van der Waals surface area contributed by atoms with Crippen molar-refractivity contribution in [1.82, 2.24) is 5.32 Å². The van der Waals surface area contributed by atoms with Crippen LogP contribution in [0.1, 0.15) is 25.2 Å². The van der Waals surface area contributed by atoms with Crippen molar-refractivity contribution in [1.29, 1.82) is 0 Å². The van der Waals surface area contributed by atoms with E-state index in [4.69, 9.17) is 4.42 Å². The molecule has 1 heterocycles. The molecule has 0 atom stereocenters. The molecule has 108 valence electrons. The molecule has 0 amide bonds. The van der Waals surface area contributed by atoms with Crippen LogP contribution in [0.25, 0.3) is 0 Å². The Balaban J connectivity index is 2.05. The van der Waals surface area contributed by atoms with E-state index >= 15 is 0 Å². The highest BCUT2D eigenvalue weighted by molar-refractivity contribution is 9.10. The number of anilines is 1. The molecule has 0 aliphatic rings. The number of furan rings is 1. The molecule has 2 rings (SSSR count). The highest BCUT2D eigenvalue weighted by Gasteiger charge is 2.08. The number of hydrogen-bond donors (Lipinski definition) is 1. The van der Waals surface area contributed by atoms with E-state index in [0.717, 1.165) is 29.0 Å². The number of benzene rings is 1. The zero-order valence-electron chi connectivity index (χ0n) is 12.2. The standard InChI is InChI=1S/C16H21BrN2O/c1-12(2)18-10-13-6-7-16(15(17)9-13)19(3)11-14-5-4-8-20-14/h4-9,12,18H,10-11H2,1-3H3. The van der Waals surface area contributed by atoms with Gasteiger partial charge in [-0.15, -0.1) is 0 Å². The smallest absolute Gasteiger partial charge is 0.123 e. The van der Waals surface area contributed by atoms with Crippen LogP contribution in [0.3, 0.4) is 0 Å². The Morgan fingerprint density at radius 3 is 2.70 bits per heavy atom. The number of hydrogen-bond acceptors (Lipinski definition) is 3. The number of rotatable bonds is 6. The van der Waals surface area contributed by atoms with E-state index in [0.29, 0.717) is 6.04 Å². The summed E-state index contributed by atoms with van der Waals surface area (Å²) in [5, 5.41) is 3.42.